The Hall–Kier alpha value is -3.92. The summed E-state index contributed by atoms with van der Waals surface area (Å²) in [5.41, 5.74) is 2.97. The lowest BCUT2D eigenvalue weighted by Gasteiger charge is -2.08. The third kappa shape index (κ3) is 4.33. The van der Waals surface area contributed by atoms with Crippen LogP contribution in [-0.4, -0.2) is 30.6 Å². The smallest absolute Gasteiger partial charge is 0.270 e. The number of hydrogen-bond donors (Lipinski definition) is 1. The van der Waals surface area contributed by atoms with Gasteiger partial charge < -0.3 is 5.32 Å². The molecule has 1 amide bonds. The van der Waals surface area contributed by atoms with Crippen LogP contribution in [0.2, 0.25) is 0 Å². The number of nitro benzene ring substituents is 1. The lowest BCUT2D eigenvalue weighted by molar-refractivity contribution is -0.384. The van der Waals surface area contributed by atoms with E-state index in [0.717, 1.165) is 33.3 Å². The summed E-state index contributed by atoms with van der Waals surface area (Å²) in [6.07, 6.45) is 3.62. The van der Waals surface area contributed by atoms with Gasteiger partial charge in [0.25, 0.3) is 5.69 Å². The zero-order valence-electron chi connectivity index (χ0n) is 16.8. The van der Waals surface area contributed by atoms with Crippen LogP contribution in [0, 0.1) is 17.0 Å². The minimum absolute atomic E-state index is 0.0256. The predicted molar refractivity (Wildman–Crippen MR) is 119 cm³/mol. The molecule has 0 fully saturated rings. The van der Waals surface area contributed by atoms with Crippen molar-refractivity contribution in [2.24, 2.45) is 0 Å². The largest absolute Gasteiger partial charge is 0.322 e. The van der Waals surface area contributed by atoms with Crippen molar-refractivity contribution in [2.75, 3.05) is 5.32 Å². The van der Waals surface area contributed by atoms with E-state index in [0.29, 0.717) is 11.3 Å². The molecule has 0 aliphatic rings. The van der Waals surface area contributed by atoms with Gasteiger partial charge in [-0.25, -0.2) is 0 Å². The van der Waals surface area contributed by atoms with Crippen molar-refractivity contribution in [3.05, 3.63) is 75.6 Å². The summed E-state index contributed by atoms with van der Waals surface area (Å²) in [5, 5.41) is 27.4. The maximum absolute atomic E-state index is 12.4. The number of nitrogens with zero attached hydrogens (tertiary/aromatic N) is 5. The van der Waals surface area contributed by atoms with Crippen molar-refractivity contribution in [3.8, 4) is 10.6 Å². The molecule has 0 spiro atoms. The van der Waals surface area contributed by atoms with E-state index in [-0.39, 0.29) is 11.6 Å². The standard InChI is InChI=1S/C21H18N6O3S/c1-3-18-23-24-21-26(18)25-20(31-21)15-9-7-13(2)17(12-15)22-19(28)10-8-14-5-4-6-16(11-14)27(29)30/h4-12H,3H2,1-2H3,(H,22,28). The van der Waals surface area contributed by atoms with Gasteiger partial charge in [0.2, 0.25) is 10.9 Å². The third-order valence-corrected chi connectivity index (χ3v) is 5.57. The van der Waals surface area contributed by atoms with E-state index in [9.17, 15) is 14.9 Å². The van der Waals surface area contributed by atoms with Crippen LogP contribution in [0.4, 0.5) is 11.4 Å². The number of carbonyl (C=O) groups excluding carboxylic acids is 1. The van der Waals surface area contributed by atoms with Crippen molar-refractivity contribution >= 4 is 39.7 Å². The Morgan fingerprint density at radius 3 is 2.87 bits per heavy atom. The van der Waals surface area contributed by atoms with Crippen LogP contribution >= 0.6 is 11.3 Å². The first-order chi connectivity index (χ1) is 14.9. The number of aryl methyl sites for hydroxylation is 2. The Balaban J connectivity index is 1.54. The van der Waals surface area contributed by atoms with Crippen LogP contribution in [-0.2, 0) is 11.2 Å². The maximum Gasteiger partial charge on any atom is 0.270 e. The zero-order valence-corrected chi connectivity index (χ0v) is 17.6. The van der Waals surface area contributed by atoms with E-state index in [1.165, 1.54) is 35.6 Å². The summed E-state index contributed by atoms with van der Waals surface area (Å²) in [6.45, 7) is 3.90. The van der Waals surface area contributed by atoms with Crippen LogP contribution in [0.3, 0.4) is 0 Å². The molecule has 0 saturated heterocycles. The van der Waals surface area contributed by atoms with Gasteiger partial charge in [-0.1, -0.05) is 42.5 Å². The average molecular weight is 434 g/mol. The normalized spacial score (nSPS) is 11.3. The molecule has 0 radical (unpaired) electrons. The van der Waals surface area contributed by atoms with E-state index in [1.54, 1.807) is 16.6 Å². The third-order valence-electron chi connectivity index (χ3n) is 4.62. The summed E-state index contributed by atoms with van der Waals surface area (Å²) >= 11 is 1.43. The topological polar surface area (TPSA) is 115 Å². The number of benzene rings is 2. The molecule has 2 aromatic heterocycles. The minimum Gasteiger partial charge on any atom is -0.322 e. The van der Waals surface area contributed by atoms with Crippen LogP contribution in [0.15, 0.2) is 48.5 Å². The highest BCUT2D eigenvalue weighted by Crippen LogP contribution is 2.29. The van der Waals surface area contributed by atoms with E-state index in [4.69, 9.17) is 0 Å². The molecule has 2 aromatic carbocycles. The molecule has 0 bridgehead atoms. The molecule has 10 heteroatoms. The van der Waals surface area contributed by atoms with E-state index in [2.05, 4.69) is 20.6 Å². The molecular weight excluding hydrogens is 416 g/mol. The van der Waals surface area contributed by atoms with Crippen LogP contribution in [0.5, 0.6) is 0 Å². The number of non-ortho nitro benzene ring substituents is 1. The van der Waals surface area contributed by atoms with Gasteiger partial charge >= 0.3 is 0 Å². The average Bonchev–Trinajstić information content (AvgIpc) is 3.35. The number of amides is 1. The fourth-order valence-corrected chi connectivity index (χ4v) is 3.83. The highest BCUT2D eigenvalue weighted by molar-refractivity contribution is 7.19. The lowest BCUT2D eigenvalue weighted by Crippen LogP contribution is -2.09. The number of anilines is 1. The van der Waals surface area contributed by atoms with E-state index >= 15 is 0 Å². The number of carbonyl (C=O) groups is 1. The number of aromatic nitrogens is 4. The van der Waals surface area contributed by atoms with Crippen molar-refractivity contribution in [1.29, 1.82) is 0 Å². The van der Waals surface area contributed by atoms with Gasteiger partial charge in [-0.2, -0.15) is 9.61 Å². The van der Waals surface area contributed by atoms with Gasteiger partial charge in [-0.05, 0) is 30.2 Å². The highest BCUT2D eigenvalue weighted by atomic mass is 32.1. The first-order valence-electron chi connectivity index (χ1n) is 9.50. The molecule has 4 rings (SSSR count). The molecule has 0 unspecified atom stereocenters. The highest BCUT2D eigenvalue weighted by Gasteiger charge is 2.13. The van der Waals surface area contributed by atoms with Crippen LogP contribution in [0.25, 0.3) is 21.6 Å². The van der Waals surface area contributed by atoms with Crippen LogP contribution in [0.1, 0.15) is 23.9 Å². The van der Waals surface area contributed by atoms with Crippen LogP contribution < -0.4 is 5.32 Å². The van der Waals surface area contributed by atoms with Crippen molar-refractivity contribution in [2.45, 2.75) is 20.3 Å². The van der Waals surface area contributed by atoms with E-state index < -0.39 is 4.92 Å². The van der Waals surface area contributed by atoms with Gasteiger partial charge in [0, 0.05) is 35.9 Å². The molecule has 4 aromatic rings. The second-order valence-corrected chi connectivity index (χ2v) is 7.73. The number of hydrogen-bond acceptors (Lipinski definition) is 7. The van der Waals surface area contributed by atoms with Gasteiger partial charge in [-0.3, -0.25) is 14.9 Å². The molecule has 0 atom stereocenters. The van der Waals surface area contributed by atoms with Crippen molar-refractivity contribution < 1.29 is 9.72 Å². The number of nitro groups is 1. The number of nitrogens with one attached hydrogen (secondary N) is 1. The second-order valence-electron chi connectivity index (χ2n) is 6.78. The molecule has 1 N–H and O–H groups in total. The first-order valence-corrected chi connectivity index (χ1v) is 10.3. The summed E-state index contributed by atoms with van der Waals surface area (Å²) < 4.78 is 1.74. The quantitative estimate of drug-likeness (QED) is 0.275. The second kappa shape index (κ2) is 8.44. The van der Waals surface area contributed by atoms with Gasteiger partial charge in [0.1, 0.15) is 5.01 Å². The molecule has 0 aliphatic carbocycles. The fourth-order valence-electron chi connectivity index (χ4n) is 2.97. The molecule has 0 saturated carbocycles. The molecular formula is C21H18N6O3S. The zero-order chi connectivity index (χ0) is 22.0. The Bertz CT molecular complexity index is 1320. The number of rotatable bonds is 6. The number of fused-ring (bicyclic) bond motifs is 1. The SMILES string of the molecule is CCc1nnc2sc(-c3ccc(C)c(NC(=O)C=Cc4cccc([N+](=O)[O-])c4)c3)nn12. The van der Waals surface area contributed by atoms with E-state index in [1.807, 2.05) is 32.0 Å². The molecule has 156 valence electrons. The Morgan fingerprint density at radius 2 is 2.10 bits per heavy atom. The molecule has 2 heterocycles. The fraction of sp³-hybridized carbons (Fsp3) is 0.143. The monoisotopic (exact) mass is 434 g/mol. The Kier molecular flexibility index (Phi) is 5.54. The van der Waals surface area contributed by atoms with Crippen molar-refractivity contribution in [3.63, 3.8) is 0 Å². The minimum atomic E-state index is -0.471. The molecule has 0 aliphatic heterocycles. The van der Waals surface area contributed by atoms with Gasteiger partial charge in [0.15, 0.2) is 5.82 Å². The van der Waals surface area contributed by atoms with Gasteiger partial charge in [-0.15, -0.1) is 10.2 Å². The first kappa shape index (κ1) is 20.4. The maximum atomic E-state index is 12.4. The summed E-state index contributed by atoms with van der Waals surface area (Å²) in [6, 6.07) is 11.8. The summed E-state index contributed by atoms with van der Waals surface area (Å²) in [5.74, 6) is 0.461. The Labute approximate surface area is 181 Å². The molecule has 31 heavy (non-hydrogen) atoms. The predicted octanol–water partition coefficient (Wildman–Crippen LogP) is 4.28. The summed E-state index contributed by atoms with van der Waals surface area (Å²) in [4.78, 5) is 23.6. The van der Waals surface area contributed by atoms with Crippen molar-refractivity contribution in [1.82, 2.24) is 19.8 Å². The van der Waals surface area contributed by atoms with Gasteiger partial charge in [0.05, 0.1) is 4.92 Å². The Morgan fingerprint density at radius 1 is 1.26 bits per heavy atom. The lowest BCUT2D eigenvalue weighted by atomic mass is 10.1. The molecule has 9 nitrogen and oxygen atoms in total. The summed E-state index contributed by atoms with van der Waals surface area (Å²) in [7, 11) is 0.